The first-order valence-corrected chi connectivity index (χ1v) is 6.05. The van der Waals surface area contributed by atoms with E-state index in [0.29, 0.717) is 17.7 Å². The molecule has 1 aromatic carbocycles. The van der Waals surface area contributed by atoms with Crippen LogP contribution in [-0.4, -0.2) is 15.0 Å². The Bertz CT molecular complexity index is 532. The van der Waals surface area contributed by atoms with Gasteiger partial charge in [0.1, 0.15) is 6.61 Å². The molecule has 0 saturated heterocycles. The van der Waals surface area contributed by atoms with Gasteiger partial charge in [0.05, 0.1) is 4.90 Å². The number of halogens is 2. The molecule has 0 saturated carbocycles. The van der Waals surface area contributed by atoms with Crippen LogP contribution >= 0.6 is 0 Å². The number of hydrogen-bond acceptors (Lipinski definition) is 3. The van der Waals surface area contributed by atoms with Crippen molar-refractivity contribution in [2.24, 2.45) is 5.14 Å². The van der Waals surface area contributed by atoms with E-state index in [1.165, 1.54) is 0 Å². The second kappa shape index (κ2) is 4.80. The monoisotopic (exact) mass is 263 g/mol. The summed E-state index contributed by atoms with van der Waals surface area (Å²) in [6, 6.07) is 1.21. The SMILES string of the molecule is C=C(C)COc1c(F)cc(S(N)(=O)=O)cc1F. The van der Waals surface area contributed by atoms with Crippen molar-refractivity contribution in [1.82, 2.24) is 0 Å². The van der Waals surface area contributed by atoms with Crippen LogP contribution in [0, 0.1) is 11.6 Å². The molecular formula is C10H11F2NO3S. The first-order chi connectivity index (χ1) is 7.71. The summed E-state index contributed by atoms with van der Waals surface area (Å²) in [4.78, 5) is -0.643. The van der Waals surface area contributed by atoms with Crippen LogP contribution in [0.25, 0.3) is 0 Å². The maximum absolute atomic E-state index is 13.4. The van der Waals surface area contributed by atoms with Crippen molar-refractivity contribution in [3.8, 4) is 5.75 Å². The smallest absolute Gasteiger partial charge is 0.238 e. The molecule has 0 atom stereocenters. The van der Waals surface area contributed by atoms with Gasteiger partial charge < -0.3 is 4.74 Å². The van der Waals surface area contributed by atoms with Crippen molar-refractivity contribution in [1.29, 1.82) is 0 Å². The fraction of sp³-hybridized carbons (Fsp3) is 0.200. The third-order valence-electron chi connectivity index (χ3n) is 1.76. The molecule has 0 aliphatic heterocycles. The van der Waals surface area contributed by atoms with Crippen LogP contribution < -0.4 is 9.88 Å². The summed E-state index contributed by atoms with van der Waals surface area (Å²) in [5, 5.41) is 4.75. The first-order valence-electron chi connectivity index (χ1n) is 4.51. The maximum Gasteiger partial charge on any atom is 0.238 e. The third kappa shape index (κ3) is 3.50. The van der Waals surface area contributed by atoms with E-state index >= 15 is 0 Å². The normalized spacial score (nSPS) is 11.3. The Morgan fingerprint density at radius 3 is 2.24 bits per heavy atom. The average molecular weight is 263 g/mol. The van der Waals surface area contributed by atoms with Gasteiger partial charge in [0.2, 0.25) is 10.0 Å². The molecule has 0 aliphatic rings. The molecule has 0 heterocycles. The quantitative estimate of drug-likeness (QED) is 0.838. The lowest BCUT2D eigenvalue weighted by Gasteiger charge is -2.09. The zero-order valence-corrected chi connectivity index (χ0v) is 9.85. The fourth-order valence-corrected chi connectivity index (χ4v) is 1.57. The lowest BCUT2D eigenvalue weighted by molar-refractivity contribution is 0.312. The molecule has 7 heteroatoms. The Morgan fingerprint density at radius 1 is 1.41 bits per heavy atom. The average Bonchev–Trinajstić information content (AvgIpc) is 2.14. The molecule has 0 aliphatic carbocycles. The van der Waals surface area contributed by atoms with Crippen molar-refractivity contribution in [3.05, 3.63) is 35.9 Å². The molecule has 1 aromatic rings. The Kier molecular flexibility index (Phi) is 3.84. The molecular weight excluding hydrogens is 252 g/mol. The van der Waals surface area contributed by atoms with Crippen LogP contribution in [0.2, 0.25) is 0 Å². The summed E-state index contributed by atoms with van der Waals surface area (Å²) in [5.74, 6) is -2.91. The summed E-state index contributed by atoms with van der Waals surface area (Å²) in [7, 11) is -4.15. The van der Waals surface area contributed by atoms with Crippen molar-refractivity contribution in [2.75, 3.05) is 6.61 Å². The van der Waals surface area contributed by atoms with Crippen LogP contribution in [0.4, 0.5) is 8.78 Å². The molecule has 0 unspecified atom stereocenters. The number of rotatable bonds is 4. The van der Waals surface area contributed by atoms with Gasteiger partial charge in [-0.1, -0.05) is 6.58 Å². The predicted octanol–water partition coefficient (Wildman–Crippen LogP) is 1.57. The fourth-order valence-electron chi connectivity index (χ4n) is 1.03. The van der Waals surface area contributed by atoms with Gasteiger partial charge in [-0.15, -0.1) is 0 Å². The minimum absolute atomic E-state index is 0.0669. The van der Waals surface area contributed by atoms with E-state index in [9.17, 15) is 17.2 Å². The maximum atomic E-state index is 13.4. The third-order valence-corrected chi connectivity index (χ3v) is 2.66. The second-order valence-corrected chi connectivity index (χ2v) is 5.07. The van der Waals surface area contributed by atoms with E-state index in [2.05, 4.69) is 6.58 Å². The molecule has 4 nitrogen and oxygen atoms in total. The molecule has 0 amide bonds. The van der Waals surface area contributed by atoms with E-state index in [0.717, 1.165) is 0 Å². The molecule has 0 bridgehead atoms. The van der Waals surface area contributed by atoms with Gasteiger partial charge in [0.25, 0.3) is 0 Å². The first kappa shape index (κ1) is 13.6. The van der Waals surface area contributed by atoms with Crippen LogP contribution in [-0.2, 0) is 10.0 Å². The molecule has 2 N–H and O–H groups in total. The highest BCUT2D eigenvalue weighted by molar-refractivity contribution is 7.89. The molecule has 94 valence electrons. The van der Waals surface area contributed by atoms with E-state index in [4.69, 9.17) is 9.88 Å². The number of nitrogens with two attached hydrogens (primary N) is 1. The van der Waals surface area contributed by atoms with Crippen LogP contribution in [0.5, 0.6) is 5.75 Å². The number of hydrogen-bond donors (Lipinski definition) is 1. The predicted molar refractivity (Wildman–Crippen MR) is 58.0 cm³/mol. The van der Waals surface area contributed by atoms with Gasteiger partial charge in [0.15, 0.2) is 17.4 Å². The number of sulfonamides is 1. The summed E-state index contributed by atoms with van der Waals surface area (Å²) < 4.78 is 53.4. The summed E-state index contributed by atoms with van der Waals surface area (Å²) in [5.41, 5.74) is 0.569. The van der Waals surface area contributed by atoms with Gasteiger partial charge in [-0.2, -0.15) is 0 Å². The van der Waals surface area contributed by atoms with Gasteiger partial charge in [-0.25, -0.2) is 22.3 Å². The second-order valence-electron chi connectivity index (χ2n) is 3.51. The molecule has 1 rings (SSSR count). The number of ether oxygens (including phenoxy) is 1. The lowest BCUT2D eigenvalue weighted by Crippen LogP contribution is -2.13. The van der Waals surface area contributed by atoms with Crippen LogP contribution in [0.15, 0.2) is 29.2 Å². The minimum atomic E-state index is -4.15. The van der Waals surface area contributed by atoms with E-state index in [-0.39, 0.29) is 6.61 Å². The molecule has 0 radical (unpaired) electrons. The minimum Gasteiger partial charge on any atom is -0.483 e. The van der Waals surface area contributed by atoms with Crippen molar-refractivity contribution in [3.63, 3.8) is 0 Å². The zero-order valence-electron chi connectivity index (χ0n) is 9.04. The van der Waals surface area contributed by atoms with Crippen molar-refractivity contribution in [2.45, 2.75) is 11.8 Å². The molecule has 0 spiro atoms. The van der Waals surface area contributed by atoms with Gasteiger partial charge in [0, 0.05) is 0 Å². The highest BCUT2D eigenvalue weighted by atomic mass is 32.2. The Hall–Kier alpha value is -1.47. The van der Waals surface area contributed by atoms with Crippen molar-refractivity contribution >= 4 is 10.0 Å². The summed E-state index contributed by atoms with van der Waals surface area (Å²) in [6.45, 7) is 5.05. The number of benzene rings is 1. The Balaban J connectivity index is 3.15. The van der Waals surface area contributed by atoms with Crippen LogP contribution in [0.3, 0.4) is 0 Å². The summed E-state index contributed by atoms with van der Waals surface area (Å²) in [6.07, 6.45) is 0. The van der Waals surface area contributed by atoms with E-state index in [1.54, 1.807) is 6.92 Å². The number of primary sulfonamides is 1. The molecule has 17 heavy (non-hydrogen) atoms. The Morgan fingerprint density at radius 2 is 1.88 bits per heavy atom. The summed E-state index contributed by atoms with van der Waals surface area (Å²) >= 11 is 0. The van der Waals surface area contributed by atoms with Crippen LogP contribution in [0.1, 0.15) is 6.92 Å². The molecule has 0 fully saturated rings. The highest BCUT2D eigenvalue weighted by Crippen LogP contribution is 2.25. The van der Waals surface area contributed by atoms with Gasteiger partial charge in [-0.05, 0) is 24.6 Å². The highest BCUT2D eigenvalue weighted by Gasteiger charge is 2.17. The topological polar surface area (TPSA) is 69.4 Å². The lowest BCUT2D eigenvalue weighted by atomic mass is 10.3. The standard InChI is InChI=1S/C10H11F2NO3S/c1-6(2)5-16-10-8(11)3-7(4-9(10)12)17(13,14)15/h3-4H,1,5H2,2H3,(H2,13,14,15). The van der Waals surface area contributed by atoms with E-state index < -0.39 is 32.3 Å². The Labute approximate surface area is 97.7 Å². The largest absolute Gasteiger partial charge is 0.483 e. The van der Waals surface area contributed by atoms with Gasteiger partial charge >= 0.3 is 0 Å². The van der Waals surface area contributed by atoms with E-state index in [1.807, 2.05) is 0 Å². The zero-order chi connectivity index (χ0) is 13.2. The van der Waals surface area contributed by atoms with Crippen molar-refractivity contribution < 1.29 is 21.9 Å². The van der Waals surface area contributed by atoms with Gasteiger partial charge in [-0.3, -0.25) is 0 Å². The molecule has 0 aromatic heterocycles.